The SMILES string of the molecule is CC(=O)CC1OCC(C)(C)[C@H](C(=O)NCCC(=O)NCCSC(=O)/C=C/C(=O)O)O1. The van der Waals surface area contributed by atoms with E-state index in [2.05, 4.69) is 10.6 Å². The van der Waals surface area contributed by atoms with E-state index in [1.165, 1.54) is 6.92 Å². The summed E-state index contributed by atoms with van der Waals surface area (Å²) in [5.74, 6) is -1.69. The molecule has 0 aromatic rings. The van der Waals surface area contributed by atoms with Crippen LogP contribution in [-0.2, 0) is 33.4 Å². The lowest BCUT2D eigenvalue weighted by Crippen LogP contribution is -2.54. The van der Waals surface area contributed by atoms with Crippen LogP contribution >= 0.6 is 11.8 Å². The highest BCUT2D eigenvalue weighted by molar-refractivity contribution is 8.14. The number of aliphatic carboxylic acids is 1. The molecule has 30 heavy (non-hydrogen) atoms. The first-order chi connectivity index (χ1) is 14.0. The van der Waals surface area contributed by atoms with Gasteiger partial charge >= 0.3 is 5.97 Å². The molecule has 1 aliphatic rings. The second-order valence-corrected chi connectivity index (χ2v) is 8.48. The van der Waals surface area contributed by atoms with Gasteiger partial charge in [0.2, 0.25) is 16.9 Å². The molecule has 0 aliphatic carbocycles. The average molecular weight is 445 g/mol. The number of rotatable bonds is 11. The Morgan fingerprint density at radius 2 is 1.83 bits per heavy atom. The lowest BCUT2D eigenvalue weighted by atomic mass is 9.85. The van der Waals surface area contributed by atoms with Crippen LogP contribution in [0, 0.1) is 5.41 Å². The highest BCUT2D eigenvalue weighted by Gasteiger charge is 2.42. The number of carbonyl (C=O) groups excluding carboxylic acids is 4. The highest BCUT2D eigenvalue weighted by Crippen LogP contribution is 2.31. The minimum absolute atomic E-state index is 0.0454. The van der Waals surface area contributed by atoms with E-state index in [0.717, 1.165) is 23.9 Å². The molecule has 1 unspecified atom stereocenters. The molecule has 0 bridgehead atoms. The van der Waals surface area contributed by atoms with Crippen molar-refractivity contribution in [2.24, 2.45) is 5.41 Å². The monoisotopic (exact) mass is 444 g/mol. The summed E-state index contributed by atoms with van der Waals surface area (Å²) in [6.45, 7) is 5.65. The molecular formula is C19H28N2O8S. The van der Waals surface area contributed by atoms with Crippen molar-refractivity contribution in [2.45, 2.75) is 46.0 Å². The Labute approximate surface area is 179 Å². The van der Waals surface area contributed by atoms with Gasteiger partial charge < -0.3 is 25.2 Å². The minimum atomic E-state index is -1.21. The molecule has 10 nitrogen and oxygen atoms in total. The molecule has 1 saturated heterocycles. The quantitative estimate of drug-likeness (QED) is 0.301. The highest BCUT2D eigenvalue weighted by atomic mass is 32.2. The van der Waals surface area contributed by atoms with Crippen LogP contribution in [0.5, 0.6) is 0 Å². The van der Waals surface area contributed by atoms with Crippen molar-refractivity contribution in [1.29, 1.82) is 0 Å². The van der Waals surface area contributed by atoms with E-state index < -0.39 is 28.9 Å². The predicted octanol–water partition coefficient (Wildman–Crippen LogP) is 0.256. The summed E-state index contributed by atoms with van der Waals surface area (Å²) >= 11 is 0.886. The standard InChI is InChI=1S/C19H28N2O8S/c1-12(22)10-16-28-11-19(2,3)17(29-16)18(27)21-7-6-13(23)20-8-9-30-15(26)5-4-14(24)25/h4-5,16-17H,6-11H2,1-3H3,(H,20,23)(H,21,27)(H,24,25)/b5-4+/t16?,17-/m0/s1. The molecule has 1 rings (SSSR count). The number of carboxylic acid groups (broad SMARTS) is 1. The van der Waals surface area contributed by atoms with E-state index in [9.17, 15) is 24.0 Å². The van der Waals surface area contributed by atoms with Crippen LogP contribution in [-0.4, -0.2) is 71.6 Å². The van der Waals surface area contributed by atoms with Crippen LogP contribution in [0.15, 0.2) is 12.2 Å². The van der Waals surface area contributed by atoms with Gasteiger partial charge in [0.25, 0.3) is 0 Å². The lowest BCUT2D eigenvalue weighted by Gasteiger charge is -2.40. The van der Waals surface area contributed by atoms with Crippen molar-refractivity contribution >= 4 is 40.4 Å². The zero-order valence-corrected chi connectivity index (χ0v) is 18.1. The molecule has 1 heterocycles. The van der Waals surface area contributed by atoms with Crippen molar-refractivity contribution in [1.82, 2.24) is 10.6 Å². The van der Waals surface area contributed by atoms with Crippen molar-refractivity contribution in [3.8, 4) is 0 Å². The molecule has 0 radical (unpaired) electrons. The summed E-state index contributed by atoms with van der Waals surface area (Å²) in [5.41, 5.74) is -0.585. The third-order valence-corrected chi connectivity index (χ3v) is 4.84. The molecule has 0 aromatic carbocycles. The van der Waals surface area contributed by atoms with Crippen LogP contribution in [0.1, 0.15) is 33.6 Å². The Bertz CT molecular complexity index is 692. The Hall–Kier alpha value is -2.24. The molecule has 1 aliphatic heterocycles. The second kappa shape index (κ2) is 12.5. The van der Waals surface area contributed by atoms with Gasteiger partial charge in [0, 0.05) is 36.8 Å². The molecule has 3 N–H and O–H groups in total. The second-order valence-electron chi connectivity index (χ2n) is 7.38. The van der Waals surface area contributed by atoms with Crippen molar-refractivity contribution in [3.05, 3.63) is 12.2 Å². The number of nitrogens with one attached hydrogen (secondary N) is 2. The van der Waals surface area contributed by atoms with E-state index in [-0.39, 0.29) is 50.1 Å². The first-order valence-corrected chi connectivity index (χ1v) is 10.4. The van der Waals surface area contributed by atoms with Gasteiger partial charge in [-0.25, -0.2) is 4.79 Å². The third-order valence-electron chi connectivity index (χ3n) is 4.01. The summed E-state index contributed by atoms with van der Waals surface area (Å²) in [6.07, 6.45) is 0.242. The zero-order valence-electron chi connectivity index (χ0n) is 17.3. The van der Waals surface area contributed by atoms with E-state index in [4.69, 9.17) is 14.6 Å². The fourth-order valence-electron chi connectivity index (χ4n) is 2.53. The maximum atomic E-state index is 12.5. The normalized spacial score (nSPS) is 20.5. The Morgan fingerprint density at radius 1 is 1.13 bits per heavy atom. The number of Topliss-reactive ketones (excluding diaryl/α,β-unsaturated/α-hetero) is 1. The number of carbonyl (C=O) groups is 5. The maximum Gasteiger partial charge on any atom is 0.328 e. The summed E-state index contributed by atoms with van der Waals surface area (Å²) in [4.78, 5) is 57.2. The van der Waals surface area contributed by atoms with Crippen LogP contribution in [0.4, 0.5) is 0 Å². The molecule has 0 spiro atoms. The number of hydrogen-bond donors (Lipinski definition) is 3. The third kappa shape index (κ3) is 9.99. The van der Waals surface area contributed by atoms with Gasteiger partial charge in [-0.3, -0.25) is 19.2 Å². The van der Waals surface area contributed by atoms with Crippen LogP contribution in [0.2, 0.25) is 0 Å². The van der Waals surface area contributed by atoms with Crippen LogP contribution < -0.4 is 10.6 Å². The number of amides is 2. The van der Waals surface area contributed by atoms with E-state index in [1.807, 2.05) is 13.8 Å². The smallest absolute Gasteiger partial charge is 0.328 e. The number of ketones is 1. The molecule has 0 saturated carbocycles. The van der Waals surface area contributed by atoms with Crippen molar-refractivity contribution in [2.75, 3.05) is 25.4 Å². The molecule has 2 amide bonds. The number of hydrogen-bond acceptors (Lipinski definition) is 8. The molecule has 0 aromatic heterocycles. The fourth-order valence-corrected chi connectivity index (χ4v) is 3.10. The summed E-state index contributed by atoms with van der Waals surface area (Å²) < 4.78 is 11.1. The van der Waals surface area contributed by atoms with E-state index in [1.54, 1.807) is 0 Å². The van der Waals surface area contributed by atoms with Crippen molar-refractivity contribution < 1.29 is 38.6 Å². The Morgan fingerprint density at radius 3 is 2.47 bits per heavy atom. The Kier molecular flexibility index (Phi) is 10.7. The van der Waals surface area contributed by atoms with Gasteiger partial charge in [0.1, 0.15) is 11.9 Å². The van der Waals surface area contributed by atoms with E-state index in [0.29, 0.717) is 5.75 Å². The Balaban J connectivity index is 2.30. The first-order valence-electron chi connectivity index (χ1n) is 9.40. The molecule has 168 valence electrons. The lowest BCUT2D eigenvalue weighted by molar-refractivity contribution is -0.253. The average Bonchev–Trinajstić information content (AvgIpc) is 2.64. The number of thioether (sulfide) groups is 1. The molecule has 2 atom stereocenters. The number of ether oxygens (including phenoxy) is 2. The predicted molar refractivity (Wildman–Crippen MR) is 109 cm³/mol. The first kappa shape index (κ1) is 25.8. The zero-order chi connectivity index (χ0) is 22.7. The topological polar surface area (TPSA) is 148 Å². The van der Waals surface area contributed by atoms with Gasteiger partial charge in [-0.15, -0.1) is 0 Å². The largest absolute Gasteiger partial charge is 0.478 e. The van der Waals surface area contributed by atoms with Gasteiger partial charge in [0.05, 0.1) is 13.0 Å². The van der Waals surface area contributed by atoms with Crippen LogP contribution in [0.3, 0.4) is 0 Å². The fraction of sp³-hybridized carbons (Fsp3) is 0.632. The summed E-state index contributed by atoms with van der Waals surface area (Å²) in [7, 11) is 0. The van der Waals surface area contributed by atoms with Gasteiger partial charge in [-0.2, -0.15) is 0 Å². The molecular weight excluding hydrogens is 416 g/mol. The minimum Gasteiger partial charge on any atom is -0.478 e. The van der Waals surface area contributed by atoms with Crippen molar-refractivity contribution in [3.63, 3.8) is 0 Å². The maximum absolute atomic E-state index is 12.5. The molecule has 1 fully saturated rings. The van der Waals surface area contributed by atoms with Gasteiger partial charge in [0.15, 0.2) is 6.29 Å². The summed E-state index contributed by atoms with van der Waals surface area (Å²) in [5, 5.41) is 13.3. The van der Waals surface area contributed by atoms with Crippen LogP contribution in [0.25, 0.3) is 0 Å². The van der Waals surface area contributed by atoms with Gasteiger partial charge in [-0.1, -0.05) is 25.6 Å². The van der Waals surface area contributed by atoms with E-state index >= 15 is 0 Å². The summed E-state index contributed by atoms with van der Waals surface area (Å²) in [6, 6.07) is 0. The molecule has 11 heteroatoms. The number of carboxylic acids is 1. The van der Waals surface area contributed by atoms with Gasteiger partial charge in [-0.05, 0) is 13.0 Å².